The molecule has 2 aromatic heterocycles. The number of fused-ring (bicyclic) bond motifs is 1. The molecular weight excluding hydrogens is 352 g/mol. The summed E-state index contributed by atoms with van der Waals surface area (Å²) in [6.07, 6.45) is 6.29. The molecule has 2 heterocycles. The highest BCUT2D eigenvalue weighted by molar-refractivity contribution is 7.91. The molecule has 0 aliphatic rings. The number of pyridine rings is 2. The van der Waals surface area contributed by atoms with Crippen molar-refractivity contribution in [1.29, 1.82) is 0 Å². The van der Waals surface area contributed by atoms with Gasteiger partial charge in [0.05, 0.1) is 33.5 Å². The molecule has 0 radical (unpaired) electrons. The Labute approximate surface area is 151 Å². The fourth-order valence-corrected chi connectivity index (χ4v) is 3.60. The number of rotatable bonds is 5. The van der Waals surface area contributed by atoms with E-state index in [2.05, 4.69) is 15.3 Å². The van der Waals surface area contributed by atoms with Crippen LogP contribution in [0.1, 0.15) is 22.8 Å². The van der Waals surface area contributed by atoms with Crippen LogP contribution in [-0.2, 0) is 16.3 Å². The van der Waals surface area contributed by atoms with Crippen molar-refractivity contribution in [3.8, 4) is 0 Å². The Bertz CT molecular complexity index is 1100. The summed E-state index contributed by atoms with van der Waals surface area (Å²) in [6.45, 7) is 1.92. The van der Waals surface area contributed by atoms with Crippen molar-refractivity contribution in [2.75, 3.05) is 11.6 Å². The maximum Gasteiger partial charge on any atom is 0.252 e. The summed E-state index contributed by atoms with van der Waals surface area (Å²) >= 11 is 0. The quantitative estimate of drug-likeness (QED) is 0.713. The van der Waals surface area contributed by atoms with Crippen LogP contribution in [0.2, 0.25) is 0 Å². The highest BCUT2D eigenvalue weighted by Gasteiger charge is 2.20. The van der Waals surface area contributed by atoms with Gasteiger partial charge >= 0.3 is 0 Å². The molecule has 0 fully saturated rings. The summed E-state index contributed by atoms with van der Waals surface area (Å²) in [4.78, 5) is 20.3. The van der Waals surface area contributed by atoms with E-state index in [4.69, 9.17) is 5.73 Å². The van der Waals surface area contributed by atoms with E-state index < -0.39 is 15.7 Å². The van der Waals surface area contributed by atoms with Crippen molar-refractivity contribution < 1.29 is 13.2 Å². The normalized spacial score (nSPS) is 11.5. The fourth-order valence-electron chi connectivity index (χ4n) is 2.72. The average molecular weight is 370 g/mol. The lowest BCUT2D eigenvalue weighted by Gasteiger charge is -2.15. The summed E-state index contributed by atoms with van der Waals surface area (Å²) in [5.74, 6) is -0.659. The minimum absolute atomic E-state index is 0.122. The van der Waals surface area contributed by atoms with Crippen molar-refractivity contribution in [3.63, 3.8) is 0 Å². The van der Waals surface area contributed by atoms with Crippen LogP contribution in [0.15, 0.2) is 47.8 Å². The summed E-state index contributed by atoms with van der Waals surface area (Å²) in [6, 6.07) is 6.96. The predicted octanol–water partition coefficient (Wildman–Crippen LogP) is 2.44. The Morgan fingerprint density at radius 2 is 2.04 bits per heavy atom. The summed E-state index contributed by atoms with van der Waals surface area (Å²) in [5.41, 5.74) is 7.84. The van der Waals surface area contributed by atoms with E-state index in [0.717, 1.165) is 11.8 Å². The Morgan fingerprint density at radius 1 is 1.27 bits per heavy atom. The van der Waals surface area contributed by atoms with Crippen LogP contribution in [0.3, 0.4) is 0 Å². The second kappa shape index (κ2) is 6.72. The van der Waals surface area contributed by atoms with E-state index in [-0.39, 0.29) is 10.5 Å². The van der Waals surface area contributed by atoms with Crippen molar-refractivity contribution in [1.82, 2.24) is 9.97 Å². The molecular formula is C18H18N4O3S. The lowest BCUT2D eigenvalue weighted by atomic mass is 10.0. The molecule has 0 unspecified atom stereocenters. The van der Waals surface area contributed by atoms with Crippen molar-refractivity contribution in [3.05, 3.63) is 54.0 Å². The first-order chi connectivity index (χ1) is 12.3. The smallest absolute Gasteiger partial charge is 0.252 e. The van der Waals surface area contributed by atoms with Gasteiger partial charge in [-0.25, -0.2) is 8.42 Å². The molecule has 1 aromatic carbocycles. The minimum atomic E-state index is -3.50. The summed E-state index contributed by atoms with van der Waals surface area (Å²) < 4.78 is 24.5. The van der Waals surface area contributed by atoms with Crippen LogP contribution in [0.4, 0.5) is 11.4 Å². The Morgan fingerprint density at radius 3 is 2.62 bits per heavy atom. The first-order valence-corrected chi connectivity index (χ1v) is 9.83. The second-order valence-corrected chi connectivity index (χ2v) is 7.88. The number of aryl methyl sites for hydroxylation is 1. The van der Waals surface area contributed by atoms with Gasteiger partial charge in [-0.2, -0.15) is 0 Å². The Kier molecular flexibility index (Phi) is 4.60. The monoisotopic (exact) mass is 370 g/mol. The largest absolute Gasteiger partial charge is 0.365 e. The highest BCUT2D eigenvalue weighted by Crippen LogP contribution is 2.33. The van der Waals surface area contributed by atoms with Crippen LogP contribution in [0.25, 0.3) is 10.9 Å². The molecule has 0 atom stereocenters. The third kappa shape index (κ3) is 3.36. The summed E-state index contributed by atoms with van der Waals surface area (Å²) in [7, 11) is -3.50. The predicted molar refractivity (Wildman–Crippen MR) is 100 cm³/mol. The molecule has 0 aliphatic carbocycles. The lowest BCUT2D eigenvalue weighted by molar-refractivity contribution is 0.100. The maximum absolute atomic E-state index is 12.2. The molecule has 26 heavy (non-hydrogen) atoms. The zero-order valence-electron chi connectivity index (χ0n) is 14.4. The molecule has 7 nitrogen and oxygen atoms in total. The molecule has 0 saturated carbocycles. The van der Waals surface area contributed by atoms with E-state index in [1.165, 1.54) is 6.20 Å². The topological polar surface area (TPSA) is 115 Å². The van der Waals surface area contributed by atoms with Gasteiger partial charge in [0.15, 0.2) is 9.84 Å². The molecule has 0 spiro atoms. The van der Waals surface area contributed by atoms with Gasteiger partial charge in [0.1, 0.15) is 0 Å². The average Bonchev–Trinajstić information content (AvgIpc) is 2.60. The molecule has 3 N–H and O–H groups in total. The lowest BCUT2D eigenvalue weighted by Crippen LogP contribution is -2.15. The third-order valence-electron chi connectivity index (χ3n) is 4.00. The van der Waals surface area contributed by atoms with E-state index in [1.807, 2.05) is 13.0 Å². The molecule has 0 aliphatic heterocycles. The third-order valence-corrected chi connectivity index (χ3v) is 5.11. The van der Waals surface area contributed by atoms with Crippen LogP contribution >= 0.6 is 0 Å². The number of nitrogens with zero attached hydrogens (tertiary/aromatic N) is 2. The van der Waals surface area contributed by atoms with Gasteiger partial charge in [0.2, 0.25) is 0 Å². The number of carbonyl (C=O) groups is 1. The van der Waals surface area contributed by atoms with Crippen molar-refractivity contribution >= 4 is 38.0 Å². The van der Waals surface area contributed by atoms with Crippen LogP contribution in [0.5, 0.6) is 0 Å². The van der Waals surface area contributed by atoms with Crippen molar-refractivity contribution in [2.45, 2.75) is 18.2 Å². The first-order valence-electron chi connectivity index (χ1n) is 7.93. The van der Waals surface area contributed by atoms with E-state index in [1.54, 1.807) is 30.6 Å². The Balaban J connectivity index is 2.38. The highest BCUT2D eigenvalue weighted by atomic mass is 32.2. The number of amides is 1. The number of benzene rings is 1. The van der Waals surface area contributed by atoms with Gasteiger partial charge in [-0.3, -0.25) is 14.8 Å². The second-order valence-electron chi connectivity index (χ2n) is 5.89. The van der Waals surface area contributed by atoms with Gasteiger partial charge < -0.3 is 11.1 Å². The zero-order chi connectivity index (χ0) is 18.9. The molecule has 1 amide bonds. The molecule has 0 bridgehead atoms. The van der Waals surface area contributed by atoms with E-state index in [9.17, 15) is 13.2 Å². The number of nitrogens with two attached hydrogens (primary N) is 1. The van der Waals surface area contributed by atoms with E-state index in [0.29, 0.717) is 28.7 Å². The first kappa shape index (κ1) is 17.8. The molecule has 0 saturated heterocycles. The number of primary amides is 1. The van der Waals surface area contributed by atoms with Crippen LogP contribution < -0.4 is 11.1 Å². The van der Waals surface area contributed by atoms with Gasteiger partial charge in [-0.05, 0) is 36.2 Å². The number of sulfone groups is 1. The number of hydrogen-bond donors (Lipinski definition) is 2. The van der Waals surface area contributed by atoms with Crippen molar-refractivity contribution in [2.24, 2.45) is 5.73 Å². The van der Waals surface area contributed by atoms with Gasteiger partial charge in [-0.15, -0.1) is 0 Å². The van der Waals surface area contributed by atoms with Gasteiger partial charge in [0, 0.05) is 24.0 Å². The molecule has 3 rings (SSSR count). The zero-order valence-corrected chi connectivity index (χ0v) is 15.2. The minimum Gasteiger partial charge on any atom is -0.365 e. The number of anilines is 2. The van der Waals surface area contributed by atoms with Gasteiger partial charge in [-0.1, -0.05) is 6.92 Å². The molecule has 134 valence electrons. The SMILES string of the molecule is CCc1cc(S(C)(=O)=O)c2ncc(C(N)=O)c(Nc3cccnc3)c2c1. The summed E-state index contributed by atoms with van der Waals surface area (Å²) in [5, 5.41) is 3.65. The standard InChI is InChI=1S/C18H18N4O3S/c1-3-11-7-13-16(22-12-5-4-6-20-9-12)14(18(19)23)10-21-17(13)15(8-11)26(2,24)25/h4-10H,3H2,1-2H3,(H2,19,23)(H,21,22). The van der Waals surface area contributed by atoms with Crippen LogP contribution in [0, 0.1) is 0 Å². The fraction of sp³-hybridized carbons (Fsp3) is 0.167. The molecule has 3 aromatic rings. The maximum atomic E-state index is 12.2. The number of hydrogen-bond acceptors (Lipinski definition) is 6. The number of aromatic nitrogens is 2. The van der Waals surface area contributed by atoms with Gasteiger partial charge in [0.25, 0.3) is 5.91 Å². The Hall–Kier alpha value is -3.00. The number of carbonyl (C=O) groups excluding carboxylic acids is 1. The number of nitrogens with one attached hydrogen (secondary N) is 1. The van der Waals surface area contributed by atoms with E-state index >= 15 is 0 Å². The molecule has 8 heteroatoms. The van der Waals surface area contributed by atoms with Crippen LogP contribution in [-0.4, -0.2) is 30.5 Å².